The molecule has 2 N–H and O–H groups in total. The van der Waals surface area contributed by atoms with Crippen molar-refractivity contribution < 1.29 is 4.74 Å². The van der Waals surface area contributed by atoms with Crippen molar-refractivity contribution in [1.29, 1.82) is 0 Å². The molecule has 0 aromatic heterocycles. The second-order valence-electron chi connectivity index (χ2n) is 4.31. The number of anilines is 1. The third-order valence-corrected chi connectivity index (χ3v) is 2.99. The summed E-state index contributed by atoms with van der Waals surface area (Å²) in [6.07, 6.45) is 6.30. The average molecular weight is 256 g/mol. The van der Waals surface area contributed by atoms with Gasteiger partial charge in [0.05, 0.1) is 6.61 Å². The number of hydrogen-bond donors (Lipinski definition) is 1. The Morgan fingerprint density at radius 3 is 2.65 bits per heavy atom. The van der Waals surface area contributed by atoms with Gasteiger partial charge < -0.3 is 10.5 Å². The van der Waals surface area contributed by atoms with Crippen LogP contribution in [0.5, 0.6) is 0 Å². The largest absolute Gasteiger partial charge is 0.398 e. The molecule has 0 atom stereocenters. The predicted octanol–water partition coefficient (Wildman–Crippen LogP) is 4.41. The van der Waals surface area contributed by atoms with Gasteiger partial charge in [-0.05, 0) is 18.6 Å². The standard InChI is InChI=1S/C14H22ClNO/c1-2-3-4-5-6-9-17-11-12-7-8-13(15)10-14(12)16/h7-8,10H,2-6,9,11,16H2,1H3. The van der Waals surface area contributed by atoms with Crippen LogP contribution in [0.2, 0.25) is 5.02 Å². The first-order valence-electron chi connectivity index (χ1n) is 6.35. The molecular formula is C14H22ClNO. The maximum Gasteiger partial charge on any atom is 0.0736 e. The van der Waals surface area contributed by atoms with Crippen LogP contribution in [0.3, 0.4) is 0 Å². The molecule has 0 aliphatic rings. The fourth-order valence-electron chi connectivity index (χ4n) is 1.69. The monoisotopic (exact) mass is 255 g/mol. The minimum absolute atomic E-state index is 0.580. The quantitative estimate of drug-likeness (QED) is 0.552. The lowest BCUT2D eigenvalue weighted by molar-refractivity contribution is 0.117. The lowest BCUT2D eigenvalue weighted by atomic mass is 10.2. The molecule has 0 amide bonds. The van der Waals surface area contributed by atoms with Crippen molar-refractivity contribution in [2.75, 3.05) is 12.3 Å². The smallest absolute Gasteiger partial charge is 0.0736 e. The third kappa shape index (κ3) is 5.94. The lowest BCUT2D eigenvalue weighted by Gasteiger charge is -2.07. The second kappa shape index (κ2) is 8.37. The summed E-state index contributed by atoms with van der Waals surface area (Å²) >= 11 is 5.83. The van der Waals surface area contributed by atoms with E-state index in [-0.39, 0.29) is 0 Å². The molecule has 2 nitrogen and oxygen atoms in total. The van der Waals surface area contributed by atoms with Crippen molar-refractivity contribution in [3.63, 3.8) is 0 Å². The van der Waals surface area contributed by atoms with E-state index in [9.17, 15) is 0 Å². The Labute approximate surface area is 109 Å². The Morgan fingerprint density at radius 2 is 1.94 bits per heavy atom. The predicted molar refractivity (Wildman–Crippen MR) is 74.3 cm³/mol. The summed E-state index contributed by atoms with van der Waals surface area (Å²) in [5.74, 6) is 0. The number of hydrogen-bond acceptors (Lipinski definition) is 2. The number of halogens is 1. The van der Waals surface area contributed by atoms with Crippen LogP contribution in [-0.4, -0.2) is 6.61 Å². The molecule has 0 aliphatic heterocycles. The second-order valence-corrected chi connectivity index (χ2v) is 4.75. The number of unbranched alkanes of at least 4 members (excludes halogenated alkanes) is 4. The zero-order valence-electron chi connectivity index (χ0n) is 10.5. The highest BCUT2D eigenvalue weighted by molar-refractivity contribution is 6.30. The van der Waals surface area contributed by atoms with Gasteiger partial charge in [0, 0.05) is 22.9 Å². The summed E-state index contributed by atoms with van der Waals surface area (Å²) in [4.78, 5) is 0. The molecule has 0 saturated carbocycles. The summed E-state index contributed by atoms with van der Waals surface area (Å²) in [6, 6.07) is 5.54. The Kier molecular flexibility index (Phi) is 7.06. The first-order valence-corrected chi connectivity index (χ1v) is 6.73. The topological polar surface area (TPSA) is 35.2 Å². The van der Waals surface area contributed by atoms with Gasteiger partial charge in [0.25, 0.3) is 0 Å². The van der Waals surface area contributed by atoms with Gasteiger partial charge in [-0.15, -0.1) is 0 Å². The molecule has 0 bridgehead atoms. The average Bonchev–Trinajstić information content (AvgIpc) is 2.30. The molecule has 1 aromatic carbocycles. The third-order valence-electron chi connectivity index (χ3n) is 2.76. The van der Waals surface area contributed by atoms with Gasteiger partial charge in [-0.1, -0.05) is 50.3 Å². The van der Waals surface area contributed by atoms with Gasteiger partial charge in [0.2, 0.25) is 0 Å². The zero-order chi connectivity index (χ0) is 12.5. The van der Waals surface area contributed by atoms with Gasteiger partial charge in [0.15, 0.2) is 0 Å². The Bertz CT molecular complexity index is 328. The zero-order valence-corrected chi connectivity index (χ0v) is 11.3. The van der Waals surface area contributed by atoms with E-state index in [0.717, 1.165) is 18.6 Å². The van der Waals surface area contributed by atoms with Crippen LogP contribution in [0.1, 0.15) is 44.6 Å². The van der Waals surface area contributed by atoms with Crippen molar-refractivity contribution in [1.82, 2.24) is 0 Å². The molecule has 1 rings (SSSR count). The molecule has 96 valence electrons. The maximum absolute atomic E-state index is 5.84. The van der Waals surface area contributed by atoms with E-state index >= 15 is 0 Å². The number of rotatable bonds is 8. The van der Waals surface area contributed by atoms with Crippen LogP contribution < -0.4 is 5.73 Å². The molecule has 1 aromatic rings. The fraction of sp³-hybridized carbons (Fsp3) is 0.571. The van der Waals surface area contributed by atoms with Gasteiger partial charge in [-0.3, -0.25) is 0 Å². The highest BCUT2D eigenvalue weighted by Gasteiger charge is 2.00. The van der Waals surface area contributed by atoms with E-state index in [4.69, 9.17) is 22.1 Å². The van der Waals surface area contributed by atoms with E-state index in [0.29, 0.717) is 17.3 Å². The summed E-state index contributed by atoms with van der Waals surface area (Å²) in [6.45, 7) is 3.61. The van der Waals surface area contributed by atoms with Gasteiger partial charge in [-0.2, -0.15) is 0 Å². The summed E-state index contributed by atoms with van der Waals surface area (Å²) in [5.41, 5.74) is 7.57. The van der Waals surface area contributed by atoms with Crippen LogP contribution in [0, 0.1) is 0 Å². The Hall–Kier alpha value is -0.730. The van der Waals surface area contributed by atoms with Gasteiger partial charge in [0.1, 0.15) is 0 Å². The summed E-state index contributed by atoms with van der Waals surface area (Å²) in [7, 11) is 0. The minimum atomic E-state index is 0.580. The maximum atomic E-state index is 5.84. The number of ether oxygens (including phenoxy) is 1. The van der Waals surface area contributed by atoms with E-state index in [1.807, 2.05) is 12.1 Å². The van der Waals surface area contributed by atoms with Crippen molar-refractivity contribution in [2.45, 2.75) is 45.6 Å². The molecule has 0 unspecified atom stereocenters. The van der Waals surface area contributed by atoms with Crippen molar-refractivity contribution in [2.24, 2.45) is 0 Å². The fourth-order valence-corrected chi connectivity index (χ4v) is 1.87. The van der Waals surface area contributed by atoms with Gasteiger partial charge in [-0.25, -0.2) is 0 Å². The molecule has 0 radical (unpaired) electrons. The number of nitrogens with two attached hydrogens (primary N) is 1. The minimum Gasteiger partial charge on any atom is -0.398 e. The van der Waals surface area contributed by atoms with Gasteiger partial charge >= 0.3 is 0 Å². The highest BCUT2D eigenvalue weighted by atomic mass is 35.5. The van der Waals surface area contributed by atoms with E-state index in [1.54, 1.807) is 6.07 Å². The van der Waals surface area contributed by atoms with Crippen LogP contribution >= 0.6 is 11.6 Å². The Balaban J connectivity index is 2.14. The summed E-state index contributed by atoms with van der Waals surface area (Å²) < 4.78 is 5.60. The molecule has 17 heavy (non-hydrogen) atoms. The normalized spacial score (nSPS) is 10.7. The first kappa shape index (κ1) is 14.3. The van der Waals surface area contributed by atoms with Crippen molar-refractivity contribution in [3.05, 3.63) is 28.8 Å². The molecular weight excluding hydrogens is 234 g/mol. The van der Waals surface area contributed by atoms with Crippen LogP contribution in [-0.2, 0) is 11.3 Å². The molecule has 0 heterocycles. The number of nitrogen functional groups attached to an aromatic ring is 1. The van der Waals surface area contributed by atoms with E-state index in [1.165, 1.54) is 25.7 Å². The SMILES string of the molecule is CCCCCCCOCc1ccc(Cl)cc1N. The highest BCUT2D eigenvalue weighted by Crippen LogP contribution is 2.18. The number of benzene rings is 1. The van der Waals surface area contributed by atoms with E-state index < -0.39 is 0 Å². The first-order chi connectivity index (χ1) is 8.24. The molecule has 0 saturated heterocycles. The molecule has 0 fully saturated rings. The van der Waals surface area contributed by atoms with E-state index in [2.05, 4.69) is 6.92 Å². The van der Waals surface area contributed by atoms with Crippen LogP contribution in [0.15, 0.2) is 18.2 Å². The Morgan fingerprint density at radius 1 is 1.18 bits per heavy atom. The van der Waals surface area contributed by atoms with Crippen molar-refractivity contribution >= 4 is 17.3 Å². The lowest BCUT2D eigenvalue weighted by Crippen LogP contribution is -1.99. The summed E-state index contributed by atoms with van der Waals surface area (Å²) in [5, 5.41) is 0.672. The molecule has 0 aliphatic carbocycles. The molecule has 0 spiro atoms. The van der Waals surface area contributed by atoms with Crippen LogP contribution in [0.4, 0.5) is 5.69 Å². The van der Waals surface area contributed by atoms with Crippen molar-refractivity contribution in [3.8, 4) is 0 Å². The van der Waals surface area contributed by atoms with Crippen LogP contribution in [0.25, 0.3) is 0 Å². The molecule has 3 heteroatoms.